The molecule has 3 aromatic heterocycles. The number of rotatable bonds is 8. The summed E-state index contributed by atoms with van der Waals surface area (Å²) in [6, 6.07) is 3.06. The Morgan fingerprint density at radius 2 is 2.13 bits per heavy atom. The quantitative estimate of drug-likeness (QED) is 0.560. The van der Waals surface area contributed by atoms with Crippen LogP contribution in [-0.2, 0) is 17.8 Å². The molecular formula is C20H22F3N5O3. The molecule has 0 radical (unpaired) electrons. The second kappa shape index (κ2) is 9.29. The summed E-state index contributed by atoms with van der Waals surface area (Å²) in [5, 5.41) is 16.9. The Bertz CT molecular complexity index is 1070. The highest BCUT2D eigenvalue weighted by molar-refractivity contribution is 5.86. The molecule has 0 aromatic carbocycles. The Kier molecular flexibility index (Phi) is 6.74. The topological polar surface area (TPSA) is 102 Å². The summed E-state index contributed by atoms with van der Waals surface area (Å²) in [4.78, 5) is 20.4. The number of carbonyl (C=O) groups is 1. The predicted octanol–water partition coefficient (Wildman–Crippen LogP) is 2.16. The van der Waals surface area contributed by atoms with Gasteiger partial charge in [-0.3, -0.25) is 14.5 Å². The number of nitrogens with zero attached hydrogens (tertiary/aromatic N) is 4. The van der Waals surface area contributed by atoms with Crippen molar-refractivity contribution in [3.63, 3.8) is 0 Å². The molecule has 0 saturated carbocycles. The smallest absolute Gasteiger partial charge is 0.422 e. The van der Waals surface area contributed by atoms with Crippen LogP contribution in [0.4, 0.5) is 13.2 Å². The molecule has 11 heteroatoms. The number of fused-ring (bicyclic) bond motifs is 1. The Labute approximate surface area is 176 Å². The monoisotopic (exact) mass is 437 g/mol. The number of hydrogen-bond donors (Lipinski definition) is 2. The van der Waals surface area contributed by atoms with Crippen LogP contribution in [0.3, 0.4) is 0 Å². The number of aliphatic hydroxyl groups excluding tert-OH is 1. The van der Waals surface area contributed by atoms with E-state index < -0.39 is 12.8 Å². The normalized spacial score (nSPS) is 12.7. The lowest BCUT2D eigenvalue weighted by molar-refractivity contribution is -0.154. The Hall–Kier alpha value is -3.21. The predicted molar refractivity (Wildman–Crippen MR) is 106 cm³/mol. The average Bonchev–Trinajstić information content (AvgIpc) is 3.10. The van der Waals surface area contributed by atoms with E-state index in [0.29, 0.717) is 28.7 Å². The van der Waals surface area contributed by atoms with Gasteiger partial charge in [-0.25, -0.2) is 4.98 Å². The van der Waals surface area contributed by atoms with Crippen LogP contribution < -0.4 is 10.1 Å². The number of amides is 1. The lowest BCUT2D eigenvalue weighted by atomic mass is 10.2. The maximum atomic E-state index is 12.3. The molecule has 0 fully saturated rings. The number of hydrogen-bond acceptors (Lipinski definition) is 6. The van der Waals surface area contributed by atoms with Gasteiger partial charge in [-0.2, -0.15) is 18.3 Å². The third-order valence-corrected chi connectivity index (χ3v) is 4.38. The number of halogens is 3. The molecule has 31 heavy (non-hydrogen) atoms. The van der Waals surface area contributed by atoms with Gasteiger partial charge in [0.1, 0.15) is 0 Å². The minimum absolute atomic E-state index is 0.0410. The number of ether oxygens (including phenoxy) is 1. The lowest BCUT2D eigenvalue weighted by Crippen LogP contribution is -2.36. The molecule has 0 aliphatic heterocycles. The van der Waals surface area contributed by atoms with Gasteiger partial charge < -0.3 is 15.2 Å². The van der Waals surface area contributed by atoms with Crippen molar-refractivity contribution in [3.8, 4) is 5.88 Å². The molecule has 2 N–H and O–H groups in total. The fourth-order valence-corrected chi connectivity index (χ4v) is 2.99. The van der Waals surface area contributed by atoms with Crippen molar-refractivity contribution in [2.24, 2.45) is 0 Å². The first kappa shape index (κ1) is 22.5. The van der Waals surface area contributed by atoms with Crippen LogP contribution in [0, 0.1) is 6.92 Å². The van der Waals surface area contributed by atoms with Crippen LogP contribution in [0.2, 0.25) is 0 Å². The number of aliphatic hydroxyl groups is 1. The van der Waals surface area contributed by atoms with Crippen molar-refractivity contribution >= 4 is 16.8 Å². The van der Waals surface area contributed by atoms with E-state index in [9.17, 15) is 18.0 Å². The maximum Gasteiger partial charge on any atom is 0.422 e. The maximum absolute atomic E-state index is 12.3. The molecule has 0 unspecified atom stereocenters. The van der Waals surface area contributed by atoms with Gasteiger partial charge in [-0.05, 0) is 31.5 Å². The van der Waals surface area contributed by atoms with Crippen molar-refractivity contribution < 1.29 is 27.8 Å². The van der Waals surface area contributed by atoms with Gasteiger partial charge in [0.15, 0.2) is 6.61 Å². The van der Waals surface area contributed by atoms with Gasteiger partial charge in [0.2, 0.25) is 11.8 Å². The van der Waals surface area contributed by atoms with Crippen LogP contribution in [0.5, 0.6) is 5.88 Å². The van der Waals surface area contributed by atoms with Crippen molar-refractivity contribution in [1.29, 1.82) is 0 Å². The van der Waals surface area contributed by atoms with E-state index in [4.69, 9.17) is 9.84 Å². The fraction of sp³-hybridized carbons (Fsp3) is 0.400. The molecule has 0 aliphatic rings. The van der Waals surface area contributed by atoms with Gasteiger partial charge in [0, 0.05) is 35.6 Å². The second-order valence-corrected chi connectivity index (χ2v) is 7.21. The zero-order valence-electron chi connectivity index (χ0n) is 17.0. The Morgan fingerprint density at radius 1 is 1.35 bits per heavy atom. The highest BCUT2D eigenvalue weighted by Gasteiger charge is 2.29. The van der Waals surface area contributed by atoms with Gasteiger partial charge in [0.25, 0.3) is 0 Å². The number of nitrogens with one attached hydrogen (secondary N) is 1. The first-order valence-corrected chi connectivity index (χ1v) is 9.51. The van der Waals surface area contributed by atoms with E-state index in [1.807, 2.05) is 0 Å². The van der Waals surface area contributed by atoms with E-state index in [2.05, 4.69) is 20.4 Å². The summed E-state index contributed by atoms with van der Waals surface area (Å²) in [5.74, 6) is -0.329. The molecule has 0 bridgehead atoms. The minimum Gasteiger partial charge on any atom is -0.468 e. The van der Waals surface area contributed by atoms with Crippen molar-refractivity contribution in [3.05, 3.63) is 47.5 Å². The molecule has 0 aliphatic carbocycles. The molecule has 3 rings (SSSR count). The van der Waals surface area contributed by atoms with E-state index in [0.717, 1.165) is 5.56 Å². The average molecular weight is 437 g/mol. The number of carbonyl (C=O) groups excluding carboxylic acids is 1. The number of pyridine rings is 2. The zero-order valence-corrected chi connectivity index (χ0v) is 17.0. The highest BCUT2D eigenvalue weighted by atomic mass is 19.4. The Morgan fingerprint density at radius 3 is 2.81 bits per heavy atom. The molecular weight excluding hydrogens is 415 g/mol. The molecule has 8 nitrogen and oxygen atoms in total. The fourth-order valence-electron chi connectivity index (χ4n) is 2.99. The Balaban J connectivity index is 1.74. The minimum atomic E-state index is -4.43. The van der Waals surface area contributed by atoms with Crippen LogP contribution in [0.1, 0.15) is 23.7 Å². The van der Waals surface area contributed by atoms with Crippen LogP contribution >= 0.6 is 0 Å². The number of aryl methyl sites for hydroxylation is 1. The molecule has 0 spiro atoms. The molecule has 166 valence electrons. The first-order valence-electron chi connectivity index (χ1n) is 9.51. The number of aromatic nitrogens is 4. The van der Waals surface area contributed by atoms with Crippen molar-refractivity contribution in [1.82, 2.24) is 25.1 Å². The first-order chi connectivity index (χ1) is 14.6. The molecule has 1 amide bonds. The van der Waals surface area contributed by atoms with Gasteiger partial charge in [-0.15, -0.1) is 0 Å². The van der Waals surface area contributed by atoms with E-state index >= 15 is 0 Å². The van der Waals surface area contributed by atoms with Crippen molar-refractivity contribution in [2.45, 2.75) is 39.0 Å². The van der Waals surface area contributed by atoms with Gasteiger partial charge in [0.05, 0.1) is 30.8 Å². The lowest BCUT2D eigenvalue weighted by Gasteiger charge is -2.11. The van der Waals surface area contributed by atoms with Crippen LogP contribution in [-0.4, -0.2) is 56.2 Å². The summed E-state index contributed by atoms with van der Waals surface area (Å²) < 4.78 is 43.4. The largest absolute Gasteiger partial charge is 0.468 e. The van der Waals surface area contributed by atoms with Crippen LogP contribution in [0.25, 0.3) is 10.9 Å². The molecule has 3 aromatic rings. The standard InChI is InChI=1S/C20H22F3N5O3/c1-12-5-14(7-25-19(12)31-11-20(21,22)23)8-28-9-15-16(27-28)3-4-24-17(15)6-18(30)26-13(2)10-29/h3-5,7,9,13,29H,6,8,10-11H2,1-2H3,(H,26,30)/t13-/m0/s1. The summed E-state index contributed by atoms with van der Waals surface area (Å²) in [7, 11) is 0. The van der Waals surface area contributed by atoms with Crippen molar-refractivity contribution in [2.75, 3.05) is 13.2 Å². The van der Waals surface area contributed by atoms with E-state index in [1.165, 1.54) is 6.20 Å². The SMILES string of the molecule is Cc1cc(Cn2cc3c(CC(=O)N[C@@H](C)CO)nccc3n2)cnc1OCC(F)(F)F. The number of alkyl halides is 3. The molecule has 1 atom stereocenters. The summed E-state index contributed by atoms with van der Waals surface area (Å²) in [6.07, 6.45) is 0.369. The summed E-state index contributed by atoms with van der Waals surface area (Å²) >= 11 is 0. The second-order valence-electron chi connectivity index (χ2n) is 7.21. The summed E-state index contributed by atoms with van der Waals surface area (Å²) in [5.41, 5.74) is 2.42. The van der Waals surface area contributed by atoms with E-state index in [-0.39, 0.29) is 30.9 Å². The van der Waals surface area contributed by atoms with E-state index in [1.54, 1.807) is 43.1 Å². The summed E-state index contributed by atoms with van der Waals surface area (Å²) in [6.45, 7) is 2.09. The van der Waals surface area contributed by atoms with Crippen LogP contribution in [0.15, 0.2) is 30.7 Å². The van der Waals surface area contributed by atoms with Gasteiger partial charge >= 0.3 is 6.18 Å². The third kappa shape index (κ3) is 6.14. The van der Waals surface area contributed by atoms with Gasteiger partial charge in [-0.1, -0.05) is 0 Å². The molecule has 3 heterocycles. The zero-order chi connectivity index (χ0) is 22.6. The highest BCUT2D eigenvalue weighted by Crippen LogP contribution is 2.21. The molecule has 0 saturated heterocycles. The third-order valence-electron chi connectivity index (χ3n) is 4.38.